The Morgan fingerprint density at radius 1 is 1.25 bits per heavy atom. The van der Waals surface area contributed by atoms with Crippen LogP contribution in [0, 0.1) is 5.41 Å². The van der Waals surface area contributed by atoms with E-state index in [0.29, 0.717) is 33.9 Å². The van der Waals surface area contributed by atoms with Crippen molar-refractivity contribution in [3.8, 4) is 0 Å². The van der Waals surface area contributed by atoms with Crippen LogP contribution in [-0.4, -0.2) is 52.3 Å². The number of aromatic nitrogens is 3. The highest BCUT2D eigenvalue weighted by Gasteiger charge is 2.20. The normalized spacial score (nSPS) is 20.0. The molecule has 1 aliphatic heterocycles. The van der Waals surface area contributed by atoms with Crippen LogP contribution in [0.4, 0.5) is 0 Å². The number of allylic oxidation sites excluding steroid dienone is 5. The molecule has 2 aromatic heterocycles. The van der Waals surface area contributed by atoms with E-state index in [0.717, 1.165) is 31.5 Å². The van der Waals surface area contributed by atoms with Gasteiger partial charge in [-0.05, 0) is 68.8 Å². The van der Waals surface area contributed by atoms with Crippen molar-refractivity contribution >= 4 is 22.4 Å². The zero-order valence-corrected chi connectivity index (χ0v) is 16.1. The van der Waals surface area contributed by atoms with Crippen molar-refractivity contribution in [1.82, 2.24) is 24.8 Å². The summed E-state index contributed by atoms with van der Waals surface area (Å²) >= 11 is 0. The lowest BCUT2D eigenvalue weighted by molar-refractivity contribution is 0.255. The molecule has 0 aromatic carbocycles. The van der Waals surface area contributed by atoms with Crippen LogP contribution in [0.3, 0.4) is 0 Å². The third-order valence-corrected chi connectivity index (χ3v) is 5.44. The maximum absolute atomic E-state index is 13.2. The highest BCUT2D eigenvalue weighted by molar-refractivity contribution is 6.11. The minimum atomic E-state index is -0.139. The van der Waals surface area contributed by atoms with E-state index in [9.17, 15) is 4.79 Å². The number of nitrogens with one attached hydrogen (secondary N) is 2. The highest BCUT2D eigenvalue weighted by atomic mass is 16.1. The lowest BCUT2D eigenvalue weighted by Crippen LogP contribution is -2.29. The highest BCUT2D eigenvalue weighted by Crippen LogP contribution is 2.28. The first-order valence-corrected chi connectivity index (χ1v) is 9.49. The van der Waals surface area contributed by atoms with E-state index in [4.69, 9.17) is 5.41 Å². The van der Waals surface area contributed by atoms with Gasteiger partial charge in [0.25, 0.3) is 5.56 Å². The number of pyridine rings is 1. The number of hydrogen-bond donors (Lipinski definition) is 2. The predicted octanol–water partition coefficient (Wildman–Crippen LogP) is 2.13. The minimum absolute atomic E-state index is 0.139. The SMILES string of the molecule is CN/C=C1/C=C(n2cnc3ncc(C4CCN(C)CC4)cc3c2=O)C=CC1=N. The van der Waals surface area contributed by atoms with Gasteiger partial charge in [0.2, 0.25) is 0 Å². The average Bonchev–Trinajstić information content (AvgIpc) is 2.71. The molecule has 7 heteroatoms. The Kier molecular flexibility index (Phi) is 4.92. The number of piperidine rings is 1. The molecular weight excluding hydrogens is 352 g/mol. The summed E-state index contributed by atoms with van der Waals surface area (Å²) in [6.45, 7) is 2.12. The Bertz CT molecular complexity index is 1070. The van der Waals surface area contributed by atoms with Crippen LogP contribution in [0.2, 0.25) is 0 Å². The summed E-state index contributed by atoms with van der Waals surface area (Å²) in [6.07, 6.45) is 12.5. The molecule has 1 fully saturated rings. The molecule has 1 aliphatic carbocycles. The number of hydrogen-bond acceptors (Lipinski definition) is 6. The van der Waals surface area contributed by atoms with Crippen molar-refractivity contribution < 1.29 is 0 Å². The molecule has 1 saturated heterocycles. The molecule has 144 valence electrons. The van der Waals surface area contributed by atoms with Gasteiger partial charge in [0.15, 0.2) is 5.65 Å². The second-order valence-corrected chi connectivity index (χ2v) is 7.34. The minimum Gasteiger partial charge on any atom is -0.393 e. The average molecular weight is 376 g/mol. The number of rotatable bonds is 3. The smallest absolute Gasteiger partial charge is 0.267 e. The summed E-state index contributed by atoms with van der Waals surface area (Å²) in [6, 6.07) is 1.96. The fourth-order valence-corrected chi connectivity index (χ4v) is 3.75. The quantitative estimate of drug-likeness (QED) is 0.857. The van der Waals surface area contributed by atoms with Crippen LogP contribution in [0.15, 0.2) is 53.4 Å². The molecule has 7 nitrogen and oxygen atoms in total. The van der Waals surface area contributed by atoms with Gasteiger partial charge in [0, 0.05) is 25.0 Å². The standard InChI is InChI=1S/C21H24N6O/c1-23-11-16-9-17(3-4-19(16)22)27-13-25-20-18(21(27)28)10-15(12-24-20)14-5-7-26(2)8-6-14/h3-4,9-14,22-23H,5-8H2,1-2H3/b16-11-,22-19?. The van der Waals surface area contributed by atoms with Gasteiger partial charge in [-0.1, -0.05) is 0 Å². The third-order valence-electron chi connectivity index (χ3n) is 5.44. The Morgan fingerprint density at radius 3 is 2.79 bits per heavy atom. The zero-order valence-electron chi connectivity index (χ0n) is 16.1. The molecule has 28 heavy (non-hydrogen) atoms. The molecule has 4 rings (SSSR count). The first-order valence-electron chi connectivity index (χ1n) is 9.49. The van der Waals surface area contributed by atoms with Crippen LogP contribution in [0.25, 0.3) is 16.7 Å². The summed E-state index contributed by atoms with van der Waals surface area (Å²) in [5.41, 5.74) is 3.23. The van der Waals surface area contributed by atoms with Gasteiger partial charge in [-0.25, -0.2) is 9.97 Å². The molecule has 0 spiro atoms. The Balaban J connectivity index is 1.75. The van der Waals surface area contributed by atoms with Gasteiger partial charge in [-0.15, -0.1) is 0 Å². The molecule has 0 atom stereocenters. The summed E-state index contributed by atoms with van der Waals surface area (Å²) in [4.78, 5) is 24.3. The van der Waals surface area contributed by atoms with Gasteiger partial charge in [-0.2, -0.15) is 0 Å². The second-order valence-electron chi connectivity index (χ2n) is 7.34. The van der Waals surface area contributed by atoms with Gasteiger partial charge in [0.1, 0.15) is 6.33 Å². The van der Waals surface area contributed by atoms with Crippen molar-refractivity contribution in [3.05, 3.63) is 64.5 Å². The molecule has 0 amide bonds. The lowest BCUT2D eigenvalue weighted by Gasteiger charge is -2.29. The van der Waals surface area contributed by atoms with Crippen molar-refractivity contribution in [2.45, 2.75) is 18.8 Å². The van der Waals surface area contributed by atoms with Crippen LogP contribution in [0.1, 0.15) is 24.3 Å². The summed E-state index contributed by atoms with van der Waals surface area (Å²) in [5, 5.41) is 11.5. The van der Waals surface area contributed by atoms with E-state index in [1.54, 1.807) is 25.4 Å². The Morgan fingerprint density at radius 2 is 2.04 bits per heavy atom. The molecule has 0 saturated carbocycles. The van der Waals surface area contributed by atoms with Gasteiger partial charge in [-0.3, -0.25) is 9.36 Å². The fourth-order valence-electron chi connectivity index (χ4n) is 3.75. The van der Waals surface area contributed by atoms with Gasteiger partial charge < -0.3 is 15.6 Å². The monoisotopic (exact) mass is 376 g/mol. The maximum atomic E-state index is 13.2. The van der Waals surface area contributed by atoms with Gasteiger partial charge in [0.05, 0.1) is 16.8 Å². The molecule has 2 N–H and O–H groups in total. The van der Waals surface area contributed by atoms with Crippen LogP contribution in [0.5, 0.6) is 0 Å². The molecule has 2 aromatic rings. The first kappa shape index (κ1) is 18.3. The fraction of sp³-hybridized carbons (Fsp3) is 0.333. The van der Waals surface area contributed by atoms with E-state index >= 15 is 0 Å². The van der Waals surface area contributed by atoms with Crippen molar-refractivity contribution in [2.75, 3.05) is 27.2 Å². The molecular formula is C21H24N6O. The van der Waals surface area contributed by atoms with Crippen LogP contribution in [-0.2, 0) is 0 Å². The topological polar surface area (TPSA) is 86.9 Å². The summed E-state index contributed by atoms with van der Waals surface area (Å²) in [7, 11) is 3.92. The summed E-state index contributed by atoms with van der Waals surface area (Å²) in [5.74, 6) is 0.431. The lowest BCUT2D eigenvalue weighted by atomic mass is 9.90. The van der Waals surface area contributed by atoms with E-state index in [1.165, 1.54) is 10.9 Å². The van der Waals surface area contributed by atoms with E-state index < -0.39 is 0 Å². The molecule has 3 heterocycles. The van der Waals surface area contributed by atoms with Crippen molar-refractivity contribution in [2.24, 2.45) is 0 Å². The van der Waals surface area contributed by atoms with E-state index in [-0.39, 0.29) is 5.56 Å². The van der Waals surface area contributed by atoms with Crippen LogP contribution < -0.4 is 10.9 Å². The predicted molar refractivity (Wildman–Crippen MR) is 112 cm³/mol. The Labute approximate surface area is 163 Å². The molecule has 0 radical (unpaired) electrons. The molecule has 2 aliphatic rings. The van der Waals surface area contributed by atoms with Crippen LogP contribution >= 0.6 is 0 Å². The maximum Gasteiger partial charge on any atom is 0.267 e. The van der Waals surface area contributed by atoms with Crippen molar-refractivity contribution in [3.63, 3.8) is 0 Å². The van der Waals surface area contributed by atoms with Crippen molar-refractivity contribution in [1.29, 1.82) is 5.41 Å². The molecule has 0 bridgehead atoms. The van der Waals surface area contributed by atoms with Gasteiger partial charge >= 0.3 is 0 Å². The largest absolute Gasteiger partial charge is 0.393 e. The first-order chi connectivity index (χ1) is 13.6. The summed E-state index contributed by atoms with van der Waals surface area (Å²) < 4.78 is 1.52. The van der Waals surface area contributed by atoms with E-state index in [1.807, 2.05) is 18.3 Å². The third kappa shape index (κ3) is 3.41. The Hall–Kier alpha value is -3.06. The van der Waals surface area contributed by atoms with E-state index in [2.05, 4.69) is 27.2 Å². The molecule has 0 unspecified atom stereocenters. The number of fused-ring (bicyclic) bond motifs is 1. The second kappa shape index (κ2) is 7.52. The number of likely N-dealkylation sites (tertiary alicyclic amines) is 1. The zero-order chi connectivity index (χ0) is 19.7. The number of nitrogens with zero attached hydrogens (tertiary/aromatic N) is 4.